The molecule has 0 aromatic carbocycles. The normalized spacial score (nSPS) is 20.4. The summed E-state index contributed by atoms with van der Waals surface area (Å²) in [5.41, 5.74) is 5.58. The Kier molecular flexibility index (Phi) is 4.77. The molecule has 8 nitrogen and oxygen atoms in total. The first-order valence-electron chi connectivity index (χ1n) is 6.74. The van der Waals surface area contributed by atoms with Crippen LogP contribution in [0.5, 0.6) is 0 Å². The SMILES string of the molecule is CS(=O)(=O)N1CCN(C(=O)c2ccccn2)C[C@@H](C(N)=O)C1. The summed E-state index contributed by atoms with van der Waals surface area (Å²) in [7, 11) is -3.46. The number of aromatic nitrogens is 1. The standard InChI is InChI=1S/C13H18N4O4S/c1-22(20,21)17-7-6-16(8-10(9-17)12(14)18)13(19)11-4-2-3-5-15-11/h2-5,10H,6-9H2,1H3,(H2,14,18)/t10-/m1/s1. The fraction of sp³-hybridized carbons (Fsp3) is 0.462. The Balaban J connectivity index is 2.23. The van der Waals surface area contributed by atoms with Gasteiger partial charge < -0.3 is 10.6 Å². The highest BCUT2D eigenvalue weighted by molar-refractivity contribution is 7.88. The van der Waals surface area contributed by atoms with Gasteiger partial charge in [-0.3, -0.25) is 14.6 Å². The molecule has 1 fully saturated rings. The lowest BCUT2D eigenvalue weighted by Crippen LogP contribution is -2.41. The maximum atomic E-state index is 12.4. The molecule has 2 heterocycles. The summed E-state index contributed by atoms with van der Waals surface area (Å²) in [6.45, 7) is 0.379. The van der Waals surface area contributed by atoms with Crippen molar-refractivity contribution >= 4 is 21.8 Å². The van der Waals surface area contributed by atoms with Gasteiger partial charge in [0.05, 0.1) is 12.2 Å². The summed E-state index contributed by atoms with van der Waals surface area (Å²) >= 11 is 0. The van der Waals surface area contributed by atoms with Gasteiger partial charge >= 0.3 is 0 Å². The zero-order valence-corrected chi connectivity index (χ0v) is 13.0. The zero-order chi connectivity index (χ0) is 16.3. The van der Waals surface area contributed by atoms with E-state index in [0.29, 0.717) is 0 Å². The number of carbonyl (C=O) groups excluding carboxylic acids is 2. The van der Waals surface area contributed by atoms with E-state index >= 15 is 0 Å². The maximum Gasteiger partial charge on any atom is 0.272 e. The van der Waals surface area contributed by atoms with Gasteiger partial charge in [-0.2, -0.15) is 4.31 Å². The Morgan fingerprint density at radius 2 is 2.00 bits per heavy atom. The summed E-state index contributed by atoms with van der Waals surface area (Å²) in [5.74, 6) is -1.72. The van der Waals surface area contributed by atoms with Gasteiger partial charge in [-0.05, 0) is 12.1 Å². The van der Waals surface area contributed by atoms with E-state index in [4.69, 9.17) is 5.73 Å². The van der Waals surface area contributed by atoms with E-state index in [9.17, 15) is 18.0 Å². The lowest BCUT2D eigenvalue weighted by atomic mass is 10.1. The van der Waals surface area contributed by atoms with Crippen molar-refractivity contribution in [1.29, 1.82) is 0 Å². The second-order valence-electron chi connectivity index (χ2n) is 5.19. The number of hydrogen-bond donors (Lipinski definition) is 1. The van der Waals surface area contributed by atoms with Gasteiger partial charge in [0.2, 0.25) is 15.9 Å². The second-order valence-corrected chi connectivity index (χ2v) is 7.17. The molecule has 1 aromatic heterocycles. The summed E-state index contributed by atoms with van der Waals surface area (Å²) < 4.78 is 24.6. The molecule has 9 heteroatoms. The van der Waals surface area contributed by atoms with Gasteiger partial charge in [0.15, 0.2) is 0 Å². The Hall–Kier alpha value is -2.00. The van der Waals surface area contributed by atoms with Crippen LogP contribution in [0.1, 0.15) is 10.5 Å². The zero-order valence-electron chi connectivity index (χ0n) is 12.2. The summed E-state index contributed by atoms with van der Waals surface area (Å²) in [4.78, 5) is 29.4. The second kappa shape index (κ2) is 6.41. The molecule has 2 rings (SSSR count). The van der Waals surface area contributed by atoms with Crippen LogP contribution < -0.4 is 5.73 Å². The molecule has 22 heavy (non-hydrogen) atoms. The van der Waals surface area contributed by atoms with Crippen molar-refractivity contribution in [2.24, 2.45) is 11.7 Å². The van der Waals surface area contributed by atoms with Crippen LogP contribution in [0.4, 0.5) is 0 Å². The van der Waals surface area contributed by atoms with E-state index in [0.717, 1.165) is 6.26 Å². The first-order chi connectivity index (χ1) is 10.3. The number of nitrogens with two attached hydrogens (primary N) is 1. The Bertz CT molecular complexity index is 662. The predicted molar refractivity (Wildman–Crippen MR) is 79.2 cm³/mol. The van der Waals surface area contributed by atoms with Crippen LogP contribution in [-0.4, -0.2) is 66.9 Å². The van der Waals surface area contributed by atoms with Crippen molar-refractivity contribution in [1.82, 2.24) is 14.2 Å². The van der Waals surface area contributed by atoms with Crippen LogP contribution in [0.3, 0.4) is 0 Å². The number of primary amides is 1. The molecule has 0 aliphatic carbocycles. The number of carbonyl (C=O) groups is 2. The van der Waals surface area contributed by atoms with E-state index in [1.165, 1.54) is 15.4 Å². The molecular formula is C13H18N4O4S. The summed E-state index contributed by atoms with van der Waals surface area (Å²) in [5, 5.41) is 0. The molecule has 0 saturated carbocycles. The number of hydrogen-bond acceptors (Lipinski definition) is 5. The van der Waals surface area contributed by atoms with Crippen molar-refractivity contribution in [3.05, 3.63) is 30.1 Å². The minimum absolute atomic E-state index is 0.0137. The van der Waals surface area contributed by atoms with Gasteiger partial charge in [0, 0.05) is 32.4 Å². The van der Waals surface area contributed by atoms with E-state index < -0.39 is 21.8 Å². The third kappa shape index (κ3) is 3.80. The third-order valence-corrected chi connectivity index (χ3v) is 4.80. The minimum atomic E-state index is -3.46. The first kappa shape index (κ1) is 16.4. The molecule has 0 unspecified atom stereocenters. The smallest absolute Gasteiger partial charge is 0.272 e. The lowest BCUT2D eigenvalue weighted by molar-refractivity contribution is -0.122. The number of amides is 2. The maximum absolute atomic E-state index is 12.4. The van der Waals surface area contributed by atoms with Crippen LogP contribution in [0, 0.1) is 5.92 Å². The predicted octanol–water partition coefficient (Wildman–Crippen LogP) is -1.10. The van der Waals surface area contributed by atoms with Crippen LogP contribution in [0.15, 0.2) is 24.4 Å². The van der Waals surface area contributed by atoms with Gasteiger partial charge in [0.25, 0.3) is 5.91 Å². The molecule has 0 bridgehead atoms. The van der Waals surface area contributed by atoms with E-state index in [-0.39, 0.29) is 37.8 Å². The van der Waals surface area contributed by atoms with E-state index in [2.05, 4.69) is 4.98 Å². The van der Waals surface area contributed by atoms with Crippen LogP contribution in [0.25, 0.3) is 0 Å². The van der Waals surface area contributed by atoms with E-state index in [1.807, 2.05) is 0 Å². The van der Waals surface area contributed by atoms with Gasteiger partial charge in [-0.15, -0.1) is 0 Å². The van der Waals surface area contributed by atoms with Gasteiger partial charge in [-0.25, -0.2) is 8.42 Å². The third-order valence-electron chi connectivity index (χ3n) is 3.53. The fourth-order valence-corrected chi connectivity index (χ4v) is 3.17. The van der Waals surface area contributed by atoms with Crippen molar-refractivity contribution < 1.29 is 18.0 Å². The molecule has 1 aliphatic rings. The minimum Gasteiger partial charge on any atom is -0.369 e. The van der Waals surface area contributed by atoms with Gasteiger partial charge in [-0.1, -0.05) is 6.07 Å². The number of nitrogens with zero attached hydrogens (tertiary/aromatic N) is 3. The quantitative estimate of drug-likeness (QED) is 0.757. The molecule has 0 spiro atoms. The topological polar surface area (TPSA) is 114 Å². The van der Waals surface area contributed by atoms with Crippen LogP contribution in [-0.2, 0) is 14.8 Å². The molecule has 1 atom stereocenters. The lowest BCUT2D eigenvalue weighted by Gasteiger charge is -2.22. The van der Waals surface area contributed by atoms with Gasteiger partial charge in [0.1, 0.15) is 5.69 Å². The highest BCUT2D eigenvalue weighted by Crippen LogP contribution is 2.14. The van der Waals surface area contributed by atoms with E-state index in [1.54, 1.807) is 18.2 Å². The number of sulfonamides is 1. The largest absolute Gasteiger partial charge is 0.369 e. The number of pyridine rings is 1. The number of rotatable bonds is 3. The molecular weight excluding hydrogens is 308 g/mol. The average molecular weight is 326 g/mol. The summed E-state index contributed by atoms with van der Waals surface area (Å²) in [6.07, 6.45) is 2.57. The molecule has 2 amide bonds. The highest BCUT2D eigenvalue weighted by atomic mass is 32.2. The van der Waals surface area contributed by atoms with Crippen molar-refractivity contribution in [2.75, 3.05) is 32.4 Å². The molecule has 0 radical (unpaired) electrons. The van der Waals surface area contributed by atoms with Crippen LogP contribution in [0.2, 0.25) is 0 Å². The molecule has 2 N–H and O–H groups in total. The van der Waals surface area contributed by atoms with Crippen molar-refractivity contribution in [2.45, 2.75) is 0 Å². The molecule has 1 aromatic rings. The summed E-state index contributed by atoms with van der Waals surface area (Å²) in [6, 6.07) is 4.95. The Labute approximate surface area is 129 Å². The molecule has 120 valence electrons. The van der Waals surface area contributed by atoms with Crippen LogP contribution >= 0.6 is 0 Å². The molecule has 1 saturated heterocycles. The highest BCUT2D eigenvalue weighted by Gasteiger charge is 2.32. The fourth-order valence-electron chi connectivity index (χ4n) is 2.30. The first-order valence-corrected chi connectivity index (χ1v) is 8.58. The average Bonchev–Trinajstić information content (AvgIpc) is 2.70. The Morgan fingerprint density at radius 1 is 1.27 bits per heavy atom. The van der Waals surface area contributed by atoms with Crippen molar-refractivity contribution in [3.63, 3.8) is 0 Å². The molecule has 1 aliphatic heterocycles. The Morgan fingerprint density at radius 3 is 2.55 bits per heavy atom. The monoisotopic (exact) mass is 326 g/mol. The van der Waals surface area contributed by atoms with Crippen molar-refractivity contribution in [3.8, 4) is 0 Å².